The number of nitrogens with two attached hydrogens (primary N) is 2. The third kappa shape index (κ3) is 3.85. The van der Waals surface area contributed by atoms with Crippen LogP contribution < -0.4 is 16.2 Å². The van der Waals surface area contributed by atoms with Gasteiger partial charge in [-0.15, -0.1) is 0 Å². The van der Waals surface area contributed by atoms with Crippen molar-refractivity contribution in [3.63, 3.8) is 0 Å². The van der Waals surface area contributed by atoms with Crippen LogP contribution in [0.2, 0.25) is 0 Å². The number of amides is 1. The lowest BCUT2D eigenvalue weighted by molar-refractivity contribution is -0.130. The van der Waals surface area contributed by atoms with E-state index in [4.69, 9.17) is 10.9 Å². The van der Waals surface area contributed by atoms with E-state index in [2.05, 4.69) is 5.32 Å². The van der Waals surface area contributed by atoms with Crippen LogP contribution in [-0.2, 0) is 14.8 Å². The zero-order chi connectivity index (χ0) is 15.5. The molecule has 116 valence electrons. The fraction of sp³-hybridized carbons (Fsp3) is 0.462. The molecule has 1 saturated heterocycles. The lowest BCUT2D eigenvalue weighted by Crippen LogP contribution is -2.39. The second-order valence-electron chi connectivity index (χ2n) is 5.06. The van der Waals surface area contributed by atoms with Crippen molar-refractivity contribution < 1.29 is 13.2 Å². The Morgan fingerprint density at radius 3 is 2.52 bits per heavy atom. The summed E-state index contributed by atoms with van der Waals surface area (Å²) in [7, 11) is -3.88. The van der Waals surface area contributed by atoms with E-state index in [1.165, 1.54) is 12.1 Å². The van der Waals surface area contributed by atoms with E-state index in [0.29, 0.717) is 5.69 Å². The highest BCUT2D eigenvalue weighted by molar-refractivity contribution is 7.89. The molecule has 21 heavy (non-hydrogen) atoms. The SMILES string of the molecule is Nc1c(NCC(=O)N2CCCCC2)cccc1S(N)(=O)=O. The van der Waals surface area contributed by atoms with E-state index in [1.54, 1.807) is 11.0 Å². The number of para-hydroxylation sites is 1. The van der Waals surface area contributed by atoms with Crippen molar-refractivity contribution in [1.29, 1.82) is 0 Å². The number of nitrogen functional groups attached to an aromatic ring is 1. The van der Waals surface area contributed by atoms with Gasteiger partial charge in [0, 0.05) is 13.1 Å². The summed E-state index contributed by atoms with van der Waals surface area (Å²) in [5, 5.41) is 7.97. The Labute approximate surface area is 124 Å². The zero-order valence-corrected chi connectivity index (χ0v) is 12.5. The summed E-state index contributed by atoms with van der Waals surface area (Å²) in [5.41, 5.74) is 6.22. The highest BCUT2D eigenvalue weighted by Crippen LogP contribution is 2.25. The molecule has 0 saturated carbocycles. The summed E-state index contributed by atoms with van der Waals surface area (Å²) in [5.74, 6) is -0.0184. The molecule has 1 aliphatic rings. The van der Waals surface area contributed by atoms with E-state index in [9.17, 15) is 13.2 Å². The summed E-state index contributed by atoms with van der Waals surface area (Å²) in [6, 6.07) is 4.49. The standard InChI is InChI=1S/C13H20N4O3S/c14-13-10(5-4-6-11(13)21(15,19)20)16-9-12(18)17-7-2-1-3-8-17/h4-6,16H,1-3,7-9,14H2,(H2,15,19,20). The minimum Gasteiger partial charge on any atom is -0.396 e. The first-order valence-electron chi connectivity index (χ1n) is 6.82. The van der Waals surface area contributed by atoms with Crippen molar-refractivity contribution in [1.82, 2.24) is 4.90 Å². The van der Waals surface area contributed by atoms with Gasteiger partial charge in [-0.2, -0.15) is 0 Å². The number of carbonyl (C=O) groups is 1. The van der Waals surface area contributed by atoms with E-state index >= 15 is 0 Å². The van der Waals surface area contributed by atoms with Gasteiger partial charge in [0.05, 0.1) is 17.9 Å². The number of carbonyl (C=O) groups excluding carboxylic acids is 1. The van der Waals surface area contributed by atoms with Gasteiger partial charge in [-0.3, -0.25) is 4.79 Å². The topological polar surface area (TPSA) is 119 Å². The monoisotopic (exact) mass is 312 g/mol. The number of primary sulfonamides is 1. The van der Waals surface area contributed by atoms with Crippen molar-refractivity contribution in [3.05, 3.63) is 18.2 Å². The molecule has 1 aromatic rings. The molecule has 1 heterocycles. The van der Waals surface area contributed by atoms with Crippen LogP contribution >= 0.6 is 0 Å². The van der Waals surface area contributed by atoms with Gasteiger partial charge in [-0.1, -0.05) is 6.07 Å². The summed E-state index contributed by atoms with van der Waals surface area (Å²) >= 11 is 0. The maximum absolute atomic E-state index is 12.0. The van der Waals surface area contributed by atoms with Gasteiger partial charge in [-0.25, -0.2) is 13.6 Å². The first-order chi connectivity index (χ1) is 9.89. The number of hydrogen-bond donors (Lipinski definition) is 3. The number of hydrogen-bond acceptors (Lipinski definition) is 5. The van der Waals surface area contributed by atoms with Crippen LogP contribution in [0.25, 0.3) is 0 Å². The van der Waals surface area contributed by atoms with E-state index in [1.807, 2.05) is 0 Å². The second-order valence-corrected chi connectivity index (χ2v) is 6.59. The van der Waals surface area contributed by atoms with E-state index in [-0.39, 0.29) is 23.0 Å². The molecular formula is C13H20N4O3S. The number of likely N-dealkylation sites (tertiary alicyclic amines) is 1. The molecule has 1 aromatic carbocycles. The van der Waals surface area contributed by atoms with Crippen molar-refractivity contribution >= 4 is 27.3 Å². The minimum absolute atomic E-state index is 0.0184. The Hall–Kier alpha value is -1.80. The van der Waals surface area contributed by atoms with Crippen LogP contribution in [0.15, 0.2) is 23.1 Å². The molecule has 1 aliphatic heterocycles. The predicted molar refractivity (Wildman–Crippen MR) is 81.1 cm³/mol. The quantitative estimate of drug-likeness (QED) is 0.693. The Morgan fingerprint density at radius 2 is 1.90 bits per heavy atom. The van der Waals surface area contributed by atoms with Crippen LogP contribution in [0.5, 0.6) is 0 Å². The normalized spacial score (nSPS) is 15.8. The molecule has 1 fully saturated rings. The van der Waals surface area contributed by atoms with Crippen molar-refractivity contribution in [2.75, 3.05) is 30.7 Å². The minimum atomic E-state index is -3.88. The van der Waals surface area contributed by atoms with Gasteiger partial charge in [-0.05, 0) is 31.4 Å². The van der Waals surface area contributed by atoms with Crippen LogP contribution in [0.4, 0.5) is 11.4 Å². The molecule has 2 rings (SSSR count). The molecule has 0 aliphatic carbocycles. The number of piperidine rings is 1. The van der Waals surface area contributed by atoms with Gasteiger partial charge >= 0.3 is 0 Å². The van der Waals surface area contributed by atoms with E-state index < -0.39 is 10.0 Å². The molecule has 0 unspecified atom stereocenters. The fourth-order valence-corrected chi connectivity index (χ4v) is 3.06. The third-order valence-electron chi connectivity index (χ3n) is 3.51. The van der Waals surface area contributed by atoms with Crippen LogP contribution in [0.1, 0.15) is 19.3 Å². The molecule has 8 heteroatoms. The molecule has 0 radical (unpaired) electrons. The summed E-state index contributed by atoms with van der Waals surface area (Å²) in [6.45, 7) is 1.62. The Balaban J connectivity index is 2.05. The van der Waals surface area contributed by atoms with Crippen LogP contribution in [-0.4, -0.2) is 38.9 Å². The molecule has 1 amide bonds. The molecule has 0 spiro atoms. The maximum Gasteiger partial charge on any atom is 0.241 e. The predicted octanol–water partition coefficient (Wildman–Crippen LogP) is 0.341. The average Bonchev–Trinajstić information content (AvgIpc) is 2.45. The molecule has 0 bridgehead atoms. The first kappa shape index (κ1) is 15.6. The van der Waals surface area contributed by atoms with Crippen molar-refractivity contribution in [2.24, 2.45) is 5.14 Å². The van der Waals surface area contributed by atoms with Crippen LogP contribution in [0, 0.1) is 0 Å². The maximum atomic E-state index is 12.0. The zero-order valence-electron chi connectivity index (χ0n) is 11.7. The van der Waals surface area contributed by atoms with E-state index in [0.717, 1.165) is 32.4 Å². The second kappa shape index (κ2) is 6.31. The molecule has 7 nitrogen and oxygen atoms in total. The Kier molecular flexibility index (Phi) is 4.69. The van der Waals surface area contributed by atoms with Gasteiger partial charge in [0.1, 0.15) is 4.90 Å². The lowest BCUT2D eigenvalue weighted by Gasteiger charge is -2.27. The Morgan fingerprint density at radius 1 is 1.24 bits per heavy atom. The number of benzene rings is 1. The van der Waals surface area contributed by atoms with Gasteiger partial charge in [0.15, 0.2) is 0 Å². The van der Waals surface area contributed by atoms with Crippen molar-refractivity contribution in [3.8, 4) is 0 Å². The number of rotatable bonds is 4. The van der Waals surface area contributed by atoms with Crippen molar-refractivity contribution in [2.45, 2.75) is 24.2 Å². The highest BCUT2D eigenvalue weighted by Gasteiger charge is 2.18. The number of nitrogens with zero attached hydrogens (tertiary/aromatic N) is 1. The molecular weight excluding hydrogens is 292 g/mol. The summed E-state index contributed by atoms with van der Waals surface area (Å²) in [4.78, 5) is 13.7. The average molecular weight is 312 g/mol. The molecule has 5 N–H and O–H groups in total. The smallest absolute Gasteiger partial charge is 0.241 e. The summed E-state index contributed by atoms with van der Waals surface area (Å²) < 4.78 is 22.8. The van der Waals surface area contributed by atoms with Gasteiger partial charge < -0.3 is 16.0 Å². The third-order valence-corrected chi connectivity index (χ3v) is 4.48. The number of sulfonamides is 1. The number of anilines is 2. The first-order valence-corrected chi connectivity index (χ1v) is 8.37. The Bertz CT molecular complexity index is 624. The molecule has 0 aromatic heterocycles. The lowest BCUT2D eigenvalue weighted by atomic mass is 10.1. The molecule has 0 atom stereocenters. The van der Waals surface area contributed by atoms with Crippen LogP contribution in [0.3, 0.4) is 0 Å². The largest absolute Gasteiger partial charge is 0.396 e. The van der Waals surface area contributed by atoms with Gasteiger partial charge in [0.2, 0.25) is 15.9 Å². The van der Waals surface area contributed by atoms with Gasteiger partial charge in [0.25, 0.3) is 0 Å². The summed E-state index contributed by atoms with van der Waals surface area (Å²) in [6.07, 6.45) is 3.20. The number of nitrogens with one attached hydrogen (secondary N) is 1. The highest BCUT2D eigenvalue weighted by atomic mass is 32.2. The fourth-order valence-electron chi connectivity index (χ4n) is 2.37.